The van der Waals surface area contributed by atoms with Crippen molar-refractivity contribution >= 4 is 22.7 Å². The van der Waals surface area contributed by atoms with Crippen LogP contribution < -0.4 is 0 Å². The molecule has 0 spiro atoms. The molecule has 2 aromatic rings. The third-order valence-electron chi connectivity index (χ3n) is 1.50. The fourth-order valence-electron chi connectivity index (χ4n) is 0.914. The van der Waals surface area contributed by atoms with Crippen LogP contribution in [-0.2, 0) is 0 Å². The van der Waals surface area contributed by atoms with Gasteiger partial charge in [0.2, 0.25) is 11.0 Å². The summed E-state index contributed by atoms with van der Waals surface area (Å²) in [5, 5.41) is 1.13. The third kappa shape index (κ3) is 0.973. The first kappa shape index (κ1) is 6.61. The van der Waals surface area contributed by atoms with Crippen LogP contribution >= 0.6 is 11.6 Å². The minimum Gasteiger partial charge on any atom is -0.446 e. The van der Waals surface area contributed by atoms with Gasteiger partial charge < -0.3 is 4.42 Å². The topological polar surface area (TPSA) is 38.9 Å². The van der Waals surface area contributed by atoms with Crippen LogP contribution in [0.3, 0.4) is 0 Å². The number of hydrogen-bond donors (Lipinski definition) is 0. The van der Waals surface area contributed by atoms with Crippen molar-refractivity contribution in [2.24, 2.45) is 0 Å². The predicted octanol–water partition coefficient (Wildman–Crippen LogP) is 2.18. The van der Waals surface area contributed by atoms with Crippen molar-refractivity contribution in [3.63, 3.8) is 0 Å². The molecule has 0 bridgehead atoms. The molecular weight excluding hydrogens is 164 g/mol. The van der Waals surface area contributed by atoms with Gasteiger partial charge >= 0.3 is 0 Å². The van der Waals surface area contributed by atoms with Crippen molar-refractivity contribution in [3.05, 3.63) is 23.3 Å². The second kappa shape index (κ2) is 2.20. The molecule has 0 fully saturated rings. The molecule has 0 N–H and O–H groups in total. The van der Waals surface area contributed by atoms with Gasteiger partial charge in [0.15, 0.2) is 0 Å². The number of aromatic nitrogens is 2. The summed E-state index contributed by atoms with van der Waals surface area (Å²) >= 11 is 5.55. The number of fused-ring (bicyclic) bond motifs is 1. The van der Waals surface area contributed by atoms with E-state index in [1.54, 1.807) is 12.5 Å². The van der Waals surface area contributed by atoms with Crippen molar-refractivity contribution in [1.29, 1.82) is 0 Å². The molecule has 0 saturated carbocycles. The zero-order chi connectivity index (χ0) is 7.84. The van der Waals surface area contributed by atoms with Gasteiger partial charge in [0.05, 0.1) is 11.6 Å². The Morgan fingerprint density at radius 1 is 1.55 bits per heavy atom. The van der Waals surface area contributed by atoms with E-state index < -0.39 is 0 Å². The zero-order valence-electron chi connectivity index (χ0n) is 5.84. The smallest absolute Gasteiger partial charge is 0.230 e. The average molecular weight is 169 g/mol. The van der Waals surface area contributed by atoms with E-state index in [0.717, 1.165) is 10.9 Å². The summed E-state index contributed by atoms with van der Waals surface area (Å²) in [4.78, 5) is 7.72. The number of hydrogen-bond acceptors (Lipinski definition) is 3. The van der Waals surface area contributed by atoms with Crippen LogP contribution in [-0.4, -0.2) is 9.97 Å². The maximum absolute atomic E-state index is 5.55. The summed E-state index contributed by atoms with van der Waals surface area (Å²) in [6.07, 6.45) is 3.29. The van der Waals surface area contributed by atoms with E-state index in [4.69, 9.17) is 16.0 Å². The Kier molecular flexibility index (Phi) is 1.32. The fourth-order valence-corrected chi connectivity index (χ4v) is 1.04. The maximum atomic E-state index is 5.55. The SMILES string of the molecule is Cc1coc2nc(Cl)ncc12. The molecule has 0 atom stereocenters. The molecule has 0 aliphatic heterocycles. The molecule has 0 amide bonds. The van der Waals surface area contributed by atoms with Crippen LogP contribution in [0.1, 0.15) is 5.56 Å². The van der Waals surface area contributed by atoms with E-state index in [1.807, 2.05) is 6.92 Å². The highest BCUT2D eigenvalue weighted by atomic mass is 35.5. The minimum atomic E-state index is 0.215. The number of nitrogens with zero attached hydrogens (tertiary/aromatic N) is 2. The zero-order valence-corrected chi connectivity index (χ0v) is 6.59. The largest absolute Gasteiger partial charge is 0.446 e. The monoisotopic (exact) mass is 168 g/mol. The summed E-state index contributed by atoms with van der Waals surface area (Å²) in [6.45, 7) is 1.93. The molecule has 0 aromatic carbocycles. The Balaban J connectivity index is 2.86. The van der Waals surface area contributed by atoms with Crippen molar-refractivity contribution in [2.45, 2.75) is 6.92 Å². The van der Waals surface area contributed by atoms with Crippen molar-refractivity contribution in [2.75, 3.05) is 0 Å². The van der Waals surface area contributed by atoms with Crippen LogP contribution in [0.5, 0.6) is 0 Å². The van der Waals surface area contributed by atoms with Crippen LogP contribution in [0.4, 0.5) is 0 Å². The first-order valence-corrected chi connectivity index (χ1v) is 3.51. The van der Waals surface area contributed by atoms with Gasteiger partial charge in [-0.25, -0.2) is 4.98 Å². The second-order valence-corrected chi connectivity index (χ2v) is 2.61. The van der Waals surface area contributed by atoms with Crippen molar-refractivity contribution in [3.8, 4) is 0 Å². The molecule has 0 aliphatic rings. The van der Waals surface area contributed by atoms with Crippen LogP contribution in [0.25, 0.3) is 11.1 Å². The highest BCUT2D eigenvalue weighted by Crippen LogP contribution is 2.17. The second-order valence-electron chi connectivity index (χ2n) is 2.28. The molecule has 0 radical (unpaired) electrons. The normalized spacial score (nSPS) is 10.7. The highest BCUT2D eigenvalue weighted by Gasteiger charge is 2.03. The van der Waals surface area contributed by atoms with Crippen molar-refractivity contribution < 1.29 is 4.42 Å². The highest BCUT2D eigenvalue weighted by molar-refractivity contribution is 6.28. The standard InChI is InChI=1S/C7H5ClN2O/c1-4-3-11-6-5(4)2-9-7(8)10-6/h2-3H,1H3. The summed E-state index contributed by atoms with van der Waals surface area (Å²) < 4.78 is 5.09. The molecular formula is C7H5ClN2O. The average Bonchev–Trinajstić information content (AvgIpc) is 2.32. The first-order chi connectivity index (χ1) is 5.27. The first-order valence-electron chi connectivity index (χ1n) is 3.14. The molecule has 4 heteroatoms. The van der Waals surface area contributed by atoms with E-state index in [0.29, 0.717) is 5.71 Å². The van der Waals surface area contributed by atoms with E-state index in [2.05, 4.69) is 9.97 Å². The van der Waals surface area contributed by atoms with E-state index in [-0.39, 0.29) is 5.28 Å². The van der Waals surface area contributed by atoms with Gasteiger partial charge in [0.1, 0.15) is 0 Å². The number of furan rings is 1. The van der Waals surface area contributed by atoms with Gasteiger partial charge in [-0.2, -0.15) is 4.98 Å². The predicted molar refractivity (Wildman–Crippen MR) is 41.6 cm³/mol. The Bertz CT molecular complexity index is 396. The van der Waals surface area contributed by atoms with Gasteiger partial charge in [0, 0.05) is 6.20 Å². The number of rotatable bonds is 0. The molecule has 0 aliphatic carbocycles. The molecule has 3 nitrogen and oxygen atoms in total. The van der Waals surface area contributed by atoms with Crippen molar-refractivity contribution in [1.82, 2.24) is 9.97 Å². The quantitative estimate of drug-likeness (QED) is 0.566. The van der Waals surface area contributed by atoms with Crippen LogP contribution in [0.15, 0.2) is 16.9 Å². The number of halogens is 1. The van der Waals surface area contributed by atoms with Gasteiger partial charge in [-0.1, -0.05) is 0 Å². The van der Waals surface area contributed by atoms with E-state index >= 15 is 0 Å². The Morgan fingerprint density at radius 2 is 2.36 bits per heavy atom. The minimum absolute atomic E-state index is 0.215. The molecule has 0 unspecified atom stereocenters. The molecule has 11 heavy (non-hydrogen) atoms. The summed E-state index contributed by atoms with van der Waals surface area (Å²) in [5.74, 6) is 0. The van der Waals surface area contributed by atoms with E-state index in [9.17, 15) is 0 Å². The lowest BCUT2D eigenvalue weighted by Gasteiger charge is -1.87. The third-order valence-corrected chi connectivity index (χ3v) is 1.68. The van der Waals surface area contributed by atoms with Gasteiger partial charge in [-0.05, 0) is 24.1 Å². The lowest BCUT2D eigenvalue weighted by Crippen LogP contribution is -1.79. The van der Waals surface area contributed by atoms with Gasteiger partial charge in [-0.3, -0.25) is 0 Å². The van der Waals surface area contributed by atoms with Gasteiger partial charge in [-0.15, -0.1) is 0 Å². The molecule has 2 rings (SSSR count). The van der Waals surface area contributed by atoms with E-state index in [1.165, 1.54) is 0 Å². The molecule has 2 heterocycles. The fraction of sp³-hybridized carbons (Fsp3) is 0.143. The van der Waals surface area contributed by atoms with Gasteiger partial charge in [0.25, 0.3) is 0 Å². The Labute approximate surface area is 68.0 Å². The lowest BCUT2D eigenvalue weighted by molar-refractivity contribution is 0.600. The summed E-state index contributed by atoms with van der Waals surface area (Å²) in [6, 6.07) is 0. The molecule has 0 saturated heterocycles. The van der Waals surface area contributed by atoms with Crippen LogP contribution in [0.2, 0.25) is 5.28 Å². The molecule has 56 valence electrons. The Morgan fingerprint density at radius 3 is 3.18 bits per heavy atom. The maximum Gasteiger partial charge on any atom is 0.230 e. The lowest BCUT2D eigenvalue weighted by atomic mass is 10.3. The summed E-state index contributed by atoms with van der Waals surface area (Å²) in [7, 11) is 0. The van der Waals surface area contributed by atoms with Crippen LogP contribution in [0, 0.1) is 6.92 Å². The summed E-state index contributed by atoms with van der Waals surface area (Å²) in [5.41, 5.74) is 1.57. The number of aryl methyl sites for hydroxylation is 1. The Hall–Kier alpha value is -1.09. The molecule has 2 aromatic heterocycles.